The standard InChI is InChI=1S/C18H13Cl2N7O/c1-21-18(28)12-5-6-13(27-26-12)24-17-15-11(7-8-22-17)23-16(25-15)14-9(19)3-2-4-10(14)20/h2-8H,1H3,(H,21,28)(H,23,25)(H,22,24,27). The van der Waals surface area contributed by atoms with Crippen LogP contribution in [0.1, 0.15) is 10.5 Å². The molecule has 0 saturated carbocycles. The highest BCUT2D eigenvalue weighted by molar-refractivity contribution is 6.39. The Kier molecular flexibility index (Phi) is 4.81. The van der Waals surface area contributed by atoms with E-state index in [9.17, 15) is 4.79 Å². The molecule has 3 aromatic heterocycles. The Morgan fingerprint density at radius 2 is 1.86 bits per heavy atom. The molecule has 0 unspecified atom stereocenters. The number of benzene rings is 1. The fraction of sp³-hybridized carbons (Fsp3) is 0.0556. The topological polar surface area (TPSA) is 108 Å². The number of halogens is 2. The van der Waals surface area contributed by atoms with Crippen molar-refractivity contribution in [2.24, 2.45) is 0 Å². The zero-order chi connectivity index (χ0) is 19.7. The van der Waals surface area contributed by atoms with Crippen LogP contribution in [0.25, 0.3) is 22.4 Å². The van der Waals surface area contributed by atoms with Crippen LogP contribution in [0.15, 0.2) is 42.6 Å². The van der Waals surface area contributed by atoms with Crippen molar-refractivity contribution < 1.29 is 4.79 Å². The summed E-state index contributed by atoms with van der Waals surface area (Å²) in [6.45, 7) is 0. The minimum Gasteiger partial charge on any atom is -0.354 e. The summed E-state index contributed by atoms with van der Waals surface area (Å²) in [7, 11) is 1.53. The number of carbonyl (C=O) groups is 1. The van der Waals surface area contributed by atoms with Crippen molar-refractivity contribution in [2.45, 2.75) is 0 Å². The van der Waals surface area contributed by atoms with Crippen molar-refractivity contribution in [1.82, 2.24) is 30.5 Å². The van der Waals surface area contributed by atoms with Crippen molar-refractivity contribution >= 4 is 51.8 Å². The van der Waals surface area contributed by atoms with Crippen LogP contribution in [0.5, 0.6) is 0 Å². The van der Waals surface area contributed by atoms with Gasteiger partial charge in [0.2, 0.25) is 0 Å². The first kappa shape index (κ1) is 18.1. The maximum absolute atomic E-state index is 11.6. The Morgan fingerprint density at radius 3 is 2.54 bits per heavy atom. The largest absolute Gasteiger partial charge is 0.354 e. The van der Waals surface area contributed by atoms with Gasteiger partial charge in [-0.05, 0) is 30.3 Å². The molecule has 0 fully saturated rings. The zero-order valence-corrected chi connectivity index (χ0v) is 16.0. The number of aromatic amines is 1. The van der Waals surface area contributed by atoms with Crippen LogP contribution in [0.4, 0.5) is 11.6 Å². The summed E-state index contributed by atoms with van der Waals surface area (Å²) in [6, 6.07) is 10.3. The number of nitrogens with one attached hydrogen (secondary N) is 3. The lowest BCUT2D eigenvalue weighted by Gasteiger charge is -2.05. The van der Waals surface area contributed by atoms with Gasteiger partial charge < -0.3 is 15.6 Å². The molecule has 140 valence electrons. The van der Waals surface area contributed by atoms with E-state index >= 15 is 0 Å². The molecule has 0 aliphatic heterocycles. The number of nitrogens with zero attached hydrogens (tertiary/aromatic N) is 4. The molecule has 10 heteroatoms. The number of carbonyl (C=O) groups excluding carboxylic acids is 1. The number of hydrogen-bond donors (Lipinski definition) is 3. The number of H-pyrrole nitrogens is 1. The molecule has 0 aliphatic carbocycles. The zero-order valence-electron chi connectivity index (χ0n) is 14.5. The maximum Gasteiger partial charge on any atom is 0.271 e. The van der Waals surface area contributed by atoms with E-state index in [1.54, 1.807) is 42.6 Å². The van der Waals surface area contributed by atoms with Gasteiger partial charge >= 0.3 is 0 Å². The smallest absolute Gasteiger partial charge is 0.271 e. The highest BCUT2D eigenvalue weighted by atomic mass is 35.5. The van der Waals surface area contributed by atoms with Crippen LogP contribution in [0.3, 0.4) is 0 Å². The third-order valence-electron chi connectivity index (χ3n) is 3.97. The Bertz CT molecular complexity index is 1150. The van der Waals surface area contributed by atoms with E-state index in [1.807, 2.05) is 0 Å². The molecule has 0 radical (unpaired) electrons. The van der Waals surface area contributed by atoms with Crippen LogP contribution in [-0.2, 0) is 0 Å². The Morgan fingerprint density at radius 1 is 1.07 bits per heavy atom. The molecular weight excluding hydrogens is 401 g/mol. The summed E-state index contributed by atoms with van der Waals surface area (Å²) >= 11 is 12.6. The van der Waals surface area contributed by atoms with Gasteiger partial charge in [0.1, 0.15) is 11.3 Å². The first-order chi connectivity index (χ1) is 13.6. The fourth-order valence-corrected chi connectivity index (χ4v) is 3.22. The highest BCUT2D eigenvalue weighted by Crippen LogP contribution is 2.34. The summed E-state index contributed by atoms with van der Waals surface area (Å²) in [6.07, 6.45) is 1.63. The number of hydrogen-bond acceptors (Lipinski definition) is 6. The van der Waals surface area contributed by atoms with Gasteiger partial charge in [0.25, 0.3) is 5.91 Å². The van der Waals surface area contributed by atoms with Gasteiger partial charge in [-0.1, -0.05) is 29.3 Å². The normalized spacial score (nSPS) is 10.8. The third kappa shape index (κ3) is 3.35. The highest BCUT2D eigenvalue weighted by Gasteiger charge is 2.15. The molecule has 0 spiro atoms. The van der Waals surface area contributed by atoms with Crippen LogP contribution < -0.4 is 10.6 Å². The summed E-state index contributed by atoms with van der Waals surface area (Å²) in [5.41, 5.74) is 2.17. The van der Waals surface area contributed by atoms with Crippen molar-refractivity contribution in [2.75, 3.05) is 12.4 Å². The number of pyridine rings is 1. The monoisotopic (exact) mass is 413 g/mol. The Balaban J connectivity index is 1.71. The second-order valence-electron chi connectivity index (χ2n) is 5.75. The lowest BCUT2D eigenvalue weighted by Crippen LogP contribution is -2.19. The molecule has 1 aromatic carbocycles. The van der Waals surface area contributed by atoms with Crippen LogP contribution in [0, 0.1) is 0 Å². The quantitative estimate of drug-likeness (QED) is 0.469. The number of amides is 1. The molecule has 4 aromatic rings. The first-order valence-electron chi connectivity index (χ1n) is 8.19. The van der Waals surface area contributed by atoms with E-state index in [2.05, 4.69) is 35.8 Å². The van der Waals surface area contributed by atoms with Gasteiger partial charge in [0, 0.05) is 13.2 Å². The van der Waals surface area contributed by atoms with E-state index in [0.717, 1.165) is 5.52 Å². The molecule has 0 aliphatic rings. The fourth-order valence-electron chi connectivity index (χ4n) is 2.64. The molecule has 0 saturated heterocycles. The molecule has 8 nitrogen and oxygen atoms in total. The van der Waals surface area contributed by atoms with Crippen molar-refractivity contribution in [1.29, 1.82) is 0 Å². The van der Waals surface area contributed by atoms with Gasteiger partial charge in [-0.3, -0.25) is 4.79 Å². The van der Waals surface area contributed by atoms with Crippen molar-refractivity contribution in [3.63, 3.8) is 0 Å². The predicted octanol–water partition coefficient (Wildman–Crippen LogP) is 3.82. The van der Waals surface area contributed by atoms with Crippen molar-refractivity contribution in [3.8, 4) is 11.4 Å². The molecule has 4 rings (SSSR count). The van der Waals surface area contributed by atoms with Crippen LogP contribution >= 0.6 is 23.2 Å². The summed E-state index contributed by atoms with van der Waals surface area (Å²) in [5, 5.41) is 14.4. The van der Waals surface area contributed by atoms with E-state index in [4.69, 9.17) is 23.2 Å². The van der Waals surface area contributed by atoms with E-state index in [1.165, 1.54) is 7.05 Å². The van der Waals surface area contributed by atoms with Gasteiger partial charge in [0.05, 0.1) is 21.1 Å². The number of imidazole rings is 1. The van der Waals surface area contributed by atoms with E-state index in [-0.39, 0.29) is 11.6 Å². The second kappa shape index (κ2) is 7.41. The number of rotatable bonds is 4. The average molecular weight is 414 g/mol. The Hall–Kier alpha value is -3.23. The number of aromatic nitrogens is 5. The van der Waals surface area contributed by atoms with Crippen LogP contribution in [0.2, 0.25) is 10.0 Å². The van der Waals surface area contributed by atoms with Gasteiger partial charge in [-0.15, -0.1) is 10.2 Å². The van der Waals surface area contributed by atoms with Crippen LogP contribution in [-0.4, -0.2) is 38.1 Å². The maximum atomic E-state index is 11.6. The average Bonchev–Trinajstić information content (AvgIpc) is 3.12. The molecule has 1 amide bonds. The summed E-state index contributed by atoms with van der Waals surface area (Å²) < 4.78 is 0. The molecule has 28 heavy (non-hydrogen) atoms. The van der Waals surface area contributed by atoms with E-state index < -0.39 is 0 Å². The lowest BCUT2D eigenvalue weighted by atomic mass is 10.2. The van der Waals surface area contributed by atoms with Crippen molar-refractivity contribution in [3.05, 3.63) is 58.3 Å². The summed E-state index contributed by atoms with van der Waals surface area (Å²) in [4.78, 5) is 23.7. The second-order valence-corrected chi connectivity index (χ2v) is 6.56. The van der Waals surface area contributed by atoms with Gasteiger partial charge in [0.15, 0.2) is 17.3 Å². The predicted molar refractivity (Wildman–Crippen MR) is 108 cm³/mol. The molecule has 0 atom stereocenters. The lowest BCUT2D eigenvalue weighted by molar-refractivity contribution is 0.0957. The SMILES string of the molecule is CNC(=O)c1ccc(Nc2nccc3[nH]c(-c4c(Cl)cccc4Cl)nc23)nn1. The third-order valence-corrected chi connectivity index (χ3v) is 4.60. The molecule has 3 N–H and O–H groups in total. The van der Waals surface area contributed by atoms with E-state index in [0.29, 0.717) is 38.6 Å². The minimum absolute atomic E-state index is 0.217. The number of fused-ring (bicyclic) bond motifs is 1. The number of anilines is 2. The molecule has 0 bridgehead atoms. The molecule has 3 heterocycles. The first-order valence-corrected chi connectivity index (χ1v) is 8.94. The summed E-state index contributed by atoms with van der Waals surface area (Å²) in [5.74, 6) is 1.12. The van der Waals surface area contributed by atoms with Gasteiger partial charge in [-0.2, -0.15) is 0 Å². The molecular formula is C18H13Cl2N7O. The van der Waals surface area contributed by atoms with Gasteiger partial charge in [-0.25, -0.2) is 9.97 Å². The minimum atomic E-state index is -0.312. The Labute approximate surface area is 169 Å².